The first kappa shape index (κ1) is 14.1. The van der Waals surface area contributed by atoms with E-state index in [2.05, 4.69) is 0 Å². The van der Waals surface area contributed by atoms with Crippen molar-refractivity contribution in [3.8, 4) is 5.75 Å². The molecular weight excluding hydrogens is 266 g/mol. The Kier molecular flexibility index (Phi) is 4.42. The standard InChI is InChI=1S/C15H12F2O3/c16-11-4-5-14(17)13(7-11)15(19)9-20-12-3-1-2-10(6-12)8-18/h1-7,18H,8-9H2. The maximum Gasteiger partial charge on any atom is 0.203 e. The van der Waals surface area contributed by atoms with E-state index >= 15 is 0 Å². The predicted octanol–water partition coefficient (Wildman–Crippen LogP) is 2.72. The first-order valence-electron chi connectivity index (χ1n) is 5.91. The summed E-state index contributed by atoms with van der Waals surface area (Å²) in [5.41, 5.74) is 0.287. The van der Waals surface area contributed by atoms with E-state index in [1.165, 1.54) is 0 Å². The molecule has 3 nitrogen and oxygen atoms in total. The highest BCUT2D eigenvalue weighted by molar-refractivity contribution is 5.97. The molecule has 0 aliphatic carbocycles. The van der Waals surface area contributed by atoms with Crippen LogP contribution in [0.5, 0.6) is 5.75 Å². The van der Waals surface area contributed by atoms with E-state index in [9.17, 15) is 13.6 Å². The lowest BCUT2D eigenvalue weighted by atomic mass is 10.1. The molecule has 0 aliphatic rings. The van der Waals surface area contributed by atoms with Gasteiger partial charge < -0.3 is 9.84 Å². The zero-order valence-corrected chi connectivity index (χ0v) is 10.5. The van der Waals surface area contributed by atoms with Crippen LogP contribution in [0.4, 0.5) is 8.78 Å². The van der Waals surface area contributed by atoms with Gasteiger partial charge in [0.2, 0.25) is 5.78 Å². The molecule has 0 atom stereocenters. The third kappa shape index (κ3) is 3.39. The quantitative estimate of drug-likeness (QED) is 0.855. The fourth-order valence-electron chi connectivity index (χ4n) is 1.67. The third-order valence-corrected chi connectivity index (χ3v) is 2.68. The van der Waals surface area contributed by atoms with Gasteiger partial charge in [-0.25, -0.2) is 8.78 Å². The van der Waals surface area contributed by atoms with Gasteiger partial charge >= 0.3 is 0 Å². The summed E-state index contributed by atoms with van der Waals surface area (Å²) in [5.74, 6) is -1.75. The van der Waals surface area contributed by atoms with Crippen LogP contribution in [-0.4, -0.2) is 17.5 Å². The minimum atomic E-state index is -0.788. The number of aliphatic hydroxyl groups is 1. The minimum absolute atomic E-state index is 0.149. The van der Waals surface area contributed by atoms with Crippen molar-refractivity contribution in [1.82, 2.24) is 0 Å². The Balaban J connectivity index is 2.06. The maximum absolute atomic E-state index is 13.4. The van der Waals surface area contributed by atoms with Crippen LogP contribution in [0.2, 0.25) is 0 Å². The SMILES string of the molecule is O=C(COc1cccc(CO)c1)c1cc(F)ccc1F. The largest absolute Gasteiger partial charge is 0.485 e. The molecule has 0 amide bonds. The Morgan fingerprint density at radius 1 is 1.15 bits per heavy atom. The highest BCUT2D eigenvalue weighted by atomic mass is 19.1. The molecule has 0 saturated carbocycles. The zero-order chi connectivity index (χ0) is 14.5. The smallest absolute Gasteiger partial charge is 0.203 e. The third-order valence-electron chi connectivity index (χ3n) is 2.68. The van der Waals surface area contributed by atoms with E-state index in [0.717, 1.165) is 18.2 Å². The predicted molar refractivity (Wildman–Crippen MR) is 68.5 cm³/mol. The molecule has 0 bridgehead atoms. The van der Waals surface area contributed by atoms with Gasteiger partial charge in [-0.3, -0.25) is 4.79 Å². The molecule has 0 aliphatic heterocycles. The number of halogens is 2. The molecule has 20 heavy (non-hydrogen) atoms. The van der Waals surface area contributed by atoms with Gasteiger partial charge in [-0.2, -0.15) is 0 Å². The molecule has 2 aromatic rings. The number of hydrogen-bond acceptors (Lipinski definition) is 3. The Hall–Kier alpha value is -2.27. The highest BCUT2D eigenvalue weighted by Gasteiger charge is 2.13. The topological polar surface area (TPSA) is 46.5 Å². The molecule has 0 unspecified atom stereocenters. The van der Waals surface area contributed by atoms with Crippen LogP contribution in [-0.2, 0) is 6.61 Å². The van der Waals surface area contributed by atoms with Gasteiger partial charge in [0.25, 0.3) is 0 Å². The summed E-state index contributed by atoms with van der Waals surface area (Å²) in [4.78, 5) is 11.8. The van der Waals surface area contributed by atoms with Gasteiger partial charge in [0.1, 0.15) is 17.4 Å². The average molecular weight is 278 g/mol. The molecule has 2 aromatic carbocycles. The molecule has 0 heterocycles. The molecular formula is C15H12F2O3. The number of rotatable bonds is 5. The van der Waals surface area contributed by atoms with Crippen molar-refractivity contribution in [3.05, 3.63) is 65.2 Å². The van der Waals surface area contributed by atoms with E-state index in [0.29, 0.717) is 11.3 Å². The normalized spacial score (nSPS) is 10.3. The van der Waals surface area contributed by atoms with Gasteiger partial charge in [-0.1, -0.05) is 12.1 Å². The molecule has 0 fully saturated rings. The number of benzene rings is 2. The first-order chi connectivity index (χ1) is 9.60. The van der Waals surface area contributed by atoms with Crippen molar-refractivity contribution in [3.63, 3.8) is 0 Å². The minimum Gasteiger partial charge on any atom is -0.485 e. The second-order valence-electron chi connectivity index (χ2n) is 4.14. The average Bonchev–Trinajstić information content (AvgIpc) is 2.47. The molecule has 0 radical (unpaired) electrons. The lowest BCUT2D eigenvalue weighted by molar-refractivity contribution is 0.0917. The first-order valence-corrected chi connectivity index (χ1v) is 5.91. The molecule has 5 heteroatoms. The van der Waals surface area contributed by atoms with E-state index in [4.69, 9.17) is 9.84 Å². The van der Waals surface area contributed by atoms with Gasteiger partial charge in [-0.05, 0) is 35.9 Å². The van der Waals surface area contributed by atoms with Gasteiger partial charge in [0, 0.05) is 0 Å². The second-order valence-corrected chi connectivity index (χ2v) is 4.14. The van der Waals surface area contributed by atoms with Gasteiger partial charge in [0.05, 0.1) is 12.2 Å². The number of ketones is 1. The van der Waals surface area contributed by atoms with Crippen LogP contribution in [0.25, 0.3) is 0 Å². The van der Waals surface area contributed by atoms with Gasteiger partial charge in [0.15, 0.2) is 6.61 Å². The maximum atomic E-state index is 13.4. The van der Waals surface area contributed by atoms with Crippen LogP contribution in [0, 0.1) is 11.6 Å². The fourth-order valence-corrected chi connectivity index (χ4v) is 1.67. The molecule has 2 rings (SSSR count). The number of hydrogen-bond donors (Lipinski definition) is 1. The highest BCUT2D eigenvalue weighted by Crippen LogP contribution is 2.15. The van der Waals surface area contributed by atoms with Crippen LogP contribution < -0.4 is 4.74 Å². The van der Waals surface area contributed by atoms with E-state index in [1.807, 2.05) is 0 Å². The lowest BCUT2D eigenvalue weighted by Crippen LogP contribution is -2.13. The van der Waals surface area contributed by atoms with Crippen molar-refractivity contribution in [2.45, 2.75) is 6.61 Å². The summed E-state index contributed by atoms with van der Waals surface area (Å²) in [6.45, 7) is -0.557. The second kappa shape index (κ2) is 6.25. The summed E-state index contributed by atoms with van der Waals surface area (Å²) in [5, 5.41) is 8.97. The lowest BCUT2D eigenvalue weighted by Gasteiger charge is -2.07. The molecule has 0 aromatic heterocycles. The van der Waals surface area contributed by atoms with Crippen molar-refractivity contribution in [2.75, 3.05) is 6.61 Å². The van der Waals surface area contributed by atoms with Crippen molar-refractivity contribution < 1.29 is 23.4 Å². The zero-order valence-electron chi connectivity index (χ0n) is 10.5. The van der Waals surface area contributed by atoms with Crippen LogP contribution in [0.15, 0.2) is 42.5 Å². The number of aliphatic hydroxyl groups excluding tert-OH is 1. The fraction of sp³-hybridized carbons (Fsp3) is 0.133. The molecule has 0 saturated heterocycles. The summed E-state index contributed by atoms with van der Waals surface area (Å²) in [6, 6.07) is 9.20. The number of carbonyl (C=O) groups is 1. The van der Waals surface area contributed by atoms with E-state index in [-0.39, 0.29) is 12.2 Å². The number of Topliss-reactive ketones (excluding diaryl/α,β-unsaturated/α-hetero) is 1. The Bertz CT molecular complexity index is 626. The number of carbonyl (C=O) groups excluding carboxylic acids is 1. The van der Waals surface area contributed by atoms with Crippen molar-refractivity contribution in [1.29, 1.82) is 0 Å². The Morgan fingerprint density at radius 3 is 2.70 bits per heavy atom. The van der Waals surface area contributed by atoms with Crippen molar-refractivity contribution >= 4 is 5.78 Å². The summed E-state index contributed by atoms with van der Waals surface area (Å²) in [7, 11) is 0. The van der Waals surface area contributed by atoms with Crippen LogP contribution in [0.1, 0.15) is 15.9 Å². The van der Waals surface area contributed by atoms with Crippen LogP contribution >= 0.6 is 0 Å². The molecule has 0 spiro atoms. The molecule has 1 N–H and O–H groups in total. The summed E-state index contributed by atoms with van der Waals surface area (Å²) >= 11 is 0. The Labute approximate surface area is 114 Å². The van der Waals surface area contributed by atoms with Crippen molar-refractivity contribution in [2.24, 2.45) is 0 Å². The number of ether oxygens (including phenoxy) is 1. The van der Waals surface area contributed by atoms with Crippen LogP contribution in [0.3, 0.4) is 0 Å². The van der Waals surface area contributed by atoms with Gasteiger partial charge in [-0.15, -0.1) is 0 Å². The summed E-state index contributed by atoms with van der Waals surface area (Å²) < 4.78 is 31.6. The summed E-state index contributed by atoms with van der Waals surface area (Å²) in [6.07, 6.45) is 0. The van der Waals surface area contributed by atoms with E-state index in [1.54, 1.807) is 24.3 Å². The monoisotopic (exact) mass is 278 g/mol. The Morgan fingerprint density at radius 2 is 1.95 bits per heavy atom. The molecule has 104 valence electrons. The van der Waals surface area contributed by atoms with E-state index < -0.39 is 24.0 Å².